The molecule has 1 rings (SSSR count). The Kier molecular flexibility index (Phi) is 3.02. The van der Waals surface area contributed by atoms with Gasteiger partial charge < -0.3 is 5.32 Å². The molecule has 0 aromatic carbocycles. The summed E-state index contributed by atoms with van der Waals surface area (Å²) in [4.78, 5) is 0. The van der Waals surface area contributed by atoms with Crippen LogP contribution >= 0.6 is 11.3 Å². The van der Waals surface area contributed by atoms with Gasteiger partial charge in [0.05, 0.1) is 11.9 Å². The largest absolute Gasteiger partial charge is 0.305 e. The minimum absolute atomic E-state index is 0.565. The van der Waals surface area contributed by atoms with Crippen molar-refractivity contribution in [3.63, 3.8) is 0 Å². The third kappa shape index (κ3) is 2.60. The molecule has 0 radical (unpaired) electrons. The number of nitrogens with one attached hydrogen (secondary N) is 1. The molecule has 11 heavy (non-hydrogen) atoms. The molecule has 0 spiro atoms. The number of aryl methyl sites for hydroxylation is 1. The highest BCUT2D eigenvalue weighted by atomic mass is 32.1. The van der Waals surface area contributed by atoms with E-state index in [1.807, 2.05) is 0 Å². The minimum atomic E-state index is 0.565. The van der Waals surface area contributed by atoms with Gasteiger partial charge in [0.2, 0.25) is 11.2 Å². The first-order valence-electron chi connectivity index (χ1n) is 3.84. The fraction of sp³-hybridized carbons (Fsp3) is 0.625. The van der Waals surface area contributed by atoms with Gasteiger partial charge in [0, 0.05) is 6.04 Å². The van der Waals surface area contributed by atoms with Gasteiger partial charge >= 0.3 is 0 Å². The summed E-state index contributed by atoms with van der Waals surface area (Å²) in [5, 5.41) is 5.55. The zero-order valence-corrected chi connectivity index (χ0v) is 8.11. The van der Waals surface area contributed by atoms with E-state index < -0.39 is 0 Å². The molecule has 0 saturated heterocycles. The van der Waals surface area contributed by atoms with Gasteiger partial charge in [-0.3, -0.25) is 0 Å². The van der Waals surface area contributed by atoms with Crippen molar-refractivity contribution in [2.75, 3.05) is 0 Å². The lowest BCUT2D eigenvalue weighted by Gasteiger charge is -2.03. The predicted molar refractivity (Wildman–Crippen MR) is 47.5 cm³/mol. The molecular weight excluding hydrogens is 156 g/mol. The van der Waals surface area contributed by atoms with Crippen LogP contribution in [0.1, 0.15) is 19.5 Å². The highest BCUT2D eigenvalue weighted by molar-refractivity contribution is 7.07. The highest BCUT2D eigenvalue weighted by Gasteiger charge is 2.06. The van der Waals surface area contributed by atoms with Crippen LogP contribution in [-0.4, -0.2) is 6.04 Å². The molecule has 0 aliphatic carbocycles. The van der Waals surface area contributed by atoms with Crippen LogP contribution in [0.5, 0.6) is 0 Å². The number of thiazole rings is 1. The maximum atomic E-state index is 3.37. The van der Waals surface area contributed by atoms with Crippen molar-refractivity contribution >= 4 is 11.3 Å². The standard InChI is InChI=1S/C8H15N2S/c1-7(2)9-4-8-5-11-6-10(8)3/h5-7,9H,4H2,1-3H3/q+1. The summed E-state index contributed by atoms with van der Waals surface area (Å²) in [7, 11) is 2.08. The summed E-state index contributed by atoms with van der Waals surface area (Å²) in [6.45, 7) is 5.29. The number of hydrogen-bond acceptors (Lipinski definition) is 2. The molecule has 0 bridgehead atoms. The average molecular weight is 171 g/mol. The Morgan fingerprint density at radius 3 is 2.82 bits per heavy atom. The quantitative estimate of drug-likeness (QED) is 0.673. The van der Waals surface area contributed by atoms with Crippen LogP contribution in [0.25, 0.3) is 0 Å². The first kappa shape index (κ1) is 8.68. The zero-order chi connectivity index (χ0) is 8.27. The van der Waals surface area contributed by atoms with Crippen molar-refractivity contribution in [3.05, 3.63) is 16.6 Å². The summed E-state index contributed by atoms with van der Waals surface area (Å²) in [5.74, 6) is 0. The molecule has 1 aromatic rings. The zero-order valence-electron chi connectivity index (χ0n) is 7.29. The predicted octanol–water partition coefficient (Wildman–Crippen LogP) is 1.07. The van der Waals surface area contributed by atoms with Crippen LogP contribution < -0.4 is 9.88 Å². The maximum absolute atomic E-state index is 3.37. The van der Waals surface area contributed by atoms with Gasteiger partial charge in [-0.25, -0.2) is 0 Å². The summed E-state index contributed by atoms with van der Waals surface area (Å²) in [5.41, 5.74) is 3.46. The average Bonchev–Trinajstić information content (AvgIpc) is 2.31. The van der Waals surface area contributed by atoms with Gasteiger partial charge in [-0.05, 0) is 0 Å². The number of hydrogen-bond donors (Lipinski definition) is 1. The Morgan fingerprint density at radius 2 is 2.36 bits per heavy atom. The Hall–Kier alpha value is -0.410. The molecule has 1 aromatic heterocycles. The fourth-order valence-electron chi connectivity index (χ4n) is 0.826. The Balaban J connectivity index is 2.44. The molecule has 2 nitrogen and oxygen atoms in total. The van der Waals surface area contributed by atoms with E-state index >= 15 is 0 Å². The molecule has 0 fully saturated rings. The monoisotopic (exact) mass is 171 g/mol. The summed E-state index contributed by atoms with van der Waals surface area (Å²) in [6.07, 6.45) is 0. The smallest absolute Gasteiger partial charge is 0.224 e. The summed E-state index contributed by atoms with van der Waals surface area (Å²) >= 11 is 1.74. The Morgan fingerprint density at radius 1 is 1.64 bits per heavy atom. The number of aromatic nitrogens is 1. The molecule has 1 N–H and O–H groups in total. The lowest BCUT2D eigenvalue weighted by atomic mass is 10.3. The van der Waals surface area contributed by atoms with Gasteiger partial charge in [-0.2, -0.15) is 4.57 Å². The highest BCUT2D eigenvalue weighted by Crippen LogP contribution is 1.97. The fourth-order valence-corrected chi connectivity index (χ4v) is 1.61. The SMILES string of the molecule is CC(C)NCc1csc[n+]1C. The van der Waals surface area contributed by atoms with E-state index in [2.05, 4.69) is 41.7 Å². The second kappa shape index (κ2) is 3.83. The molecule has 1 heterocycles. The van der Waals surface area contributed by atoms with E-state index in [1.165, 1.54) is 5.69 Å². The van der Waals surface area contributed by atoms with Crippen molar-refractivity contribution in [1.29, 1.82) is 0 Å². The molecule has 0 atom stereocenters. The van der Waals surface area contributed by atoms with Gasteiger partial charge in [-0.1, -0.05) is 25.2 Å². The van der Waals surface area contributed by atoms with Crippen molar-refractivity contribution < 1.29 is 4.57 Å². The first-order valence-corrected chi connectivity index (χ1v) is 4.78. The molecule has 0 amide bonds. The van der Waals surface area contributed by atoms with Crippen LogP contribution in [-0.2, 0) is 13.6 Å². The third-order valence-electron chi connectivity index (χ3n) is 1.57. The molecule has 0 unspecified atom stereocenters. The second-order valence-corrected chi connectivity index (χ2v) is 3.72. The molecule has 0 aliphatic rings. The van der Waals surface area contributed by atoms with Crippen LogP contribution in [0.4, 0.5) is 0 Å². The van der Waals surface area contributed by atoms with Crippen LogP contribution in [0.3, 0.4) is 0 Å². The minimum Gasteiger partial charge on any atom is -0.305 e. The Labute approximate surface area is 71.9 Å². The summed E-state index contributed by atoms with van der Waals surface area (Å²) in [6, 6.07) is 0.565. The van der Waals surface area contributed by atoms with Gasteiger partial charge in [0.15, 0.2) is 0 Å². The van der Waals surface area contributed by atoms with E-state index in [0.717, 1.165) is 6.54 Å². The normalized spacial score (nSPS) is 10.9. The van der Waals surface area contributed by atoms with Gasteiger partial charge in [0.25, 0.3) is 0 Å². The maximum Gasteiger partial charge on any atom is 0.224 e. The number of rotatable bonds is 3. The van der Waals surface area contributed by atoms with E-state index in [0.29, 0.717) is 6.04 Å². The molecule has 0 aliphatic heterocycles. The lowest BCUT2D eigenvalue weighted by Crippen LogP contribution is -2.34. The third-order valence-corrected chi connectivity index (χ3v) is 2.41. The number of nitrogens with zero attached hydrogens (tertiary/aromatic N) is 1. The first-order chi connectivity index (χ1) is 5.20. The van der Waals surface area contributed by atoms with Gasteiger partial charge in [0.1, 0.15) is 7.05 Å². The van der Waals surface area contributed by atoms with Gasteiger partial charge in [-0.15, -0.1) is 0 Å². The van der Waals surface area contributed by atoms with Crippen molar-refractivity contribution in [3.8, 4) is 0 Å². The Bertz CT molecular complexity index is 218. The topological polar surface area (TPSA) is 15.9 Å². The van der Waals surface area contributed by atoms with Crippen molar-refractivity contribution in [1.82, 2.24) is 5.32 Å². The summed E-state index contributed by atoms with van der Waals surface area (Å²) < 4.78 is 2.15. The van der Waals surface area contributed by atoms with E-state index in [4.69, 9.17) is 0 Å². The van der Waals surface area contributed by atoms with E-state index in [-0.39, 0.29) is 0 Å². The second-order valence-electron chi connectivity index (χ2n) is 3.00. The van der Waals surface area contributed by atoms with Crippen molar-refractivity contribution in [2.45, 2.75) is 26.4 Å². The molecule has 0 saturated carbocycles. The van der Waals surface area contributed by atoms with Crippen LogP contribution in [0, 0.1) is 0 Å². The van der Waals surface area contributed by atoms with Crippen LogP contribution in [0.2, 0.25) is 0 Å². The van der Waals surface area contributed by atoms with Crippen LogP contribution in [0.15, 0.2) is 10.9 Å². The molecular formula is C8H15N2S+. The molecule has 62 valence electrons. The molecule has 3 heteroatoms. The van der Waals surface area contributed by atoms with E-state index in [1.54, 1.807) is 11.3 Å². The van der Waals surface area contributed by atoms with Crippen molar-refractivity contribution in [2.24, 2.45) is 7.05 Å². The van der Waals surface area contributed by atoms with E-state index in [9.17, 15) is 0 Å². The lowest BCUT2D eigenvalue weighted by molar-refractivity contribution is -0.674.